The van der Waals surface area contributed by atoms with E-state index in [-0.39, 0.29) is 6.04 Å². The molecule has 0 spiro atoms. The number of nitrogens with zero attached hydrogens (tertiary/aromatic N) is 1. The number of rotatable bonds is 4. The van der Waals surface area contributed by atoms with E-state index in [4.69, 9.17) is 0 Å². The summed E-state index contributed by atoms with van der Waals surface area (Å²) in [7, 11) is 0. The predicted molar refractivity (Wildman–Crippen MR) is 67.2 cm³/mol. The van der Waals surface area contributed by atoms with Crippen LogP contribution in [0.15, 0.2) is 35.3 Å². The molecule has 0 fully saturated rings. The molecule has 2 nitrogen and oxygen atoms in total. The van der Waals surface area contributed by atoms with E-state index in [2.05, 4.69) is 41.5 Å². The first-order valence-electron chi connectivity index (χ1n) is 5.14. The van der Waals surface area contributed by atoms with Crippen molar-refractivity contribution in [2.24, 2.45) is 4.99 Å². The van der Waals surface area contributed by atoms with Crippen LogP contribution >= 0.6 is 11.8 Å². The quantitative estimate of drug-likeness (QED) is 0.839. The molecule has 0 bridgehead atoms. The fourth-order valence-electron chi connectivity index (χ4n) is 1.49. The highest BCUT2D eigenvalue weighted by atomic mass is 32.2. The fourth-order valence-corrected chi connectivity index (χ4v) is 2.35. The molecule has 1 N–H and O–H groups in total. The average Bonchev–Trinajstić information content (AvgIpc) is 2.81. The molecule has 0 saturated heterocycles. The average molecular weight is 219 g/mol. The number of aliphatic imine (C=N–C) groups is 1. The molecule has 1 atom stereocenters. The minimum absolute atomic E-state index is 0.137. The van der Waals surface area contributed by atoms with Crippen LogP contribution in [-0.2, 0) is 6.54 Å². The van der Waals surface area contributed by atoms with Gasteiger partial charge in [0.1, 0.15) is 0 Å². The molecule has 1 heterocycles. The van der Waals surface area contributed by atoms with Crippen LogP contribution in [-0.4, -0.2) is 23.4 Å². The van der Waals surface area contributed by atoms with E-state index in [1.165, 1.54) is 5.56 Å². The molecule has 1 radical (unpaired) electrons. The van der Waals surface area contributed by atoms with Gasteiger partial charge in [-0.1, -0.05) is 30.3 Å². The molecule has 15 heavy (non-hydrogen) atoms. The summed E-state index contributed by atoms with van der Waals surface area (Å²) in [6.45, 7) is 5.87. The third-order valence-electron chi connectivity index (χ3n) is 2.30. The van der Waals surface area contributed by atoms with Crippen molar-refractivity contribution in [1.82, 2.24) is 5.32 Å². The molecule has 0 aromatic heterocycles. The summed E-state index contributed by atoms with van der Waals surface area (Å²) < 4.78 is 0. The molecule has 0 amide bonds. The lowest BCUT2D eigenvalue weighted by Gasteiger charge is -2.12. The van der Waals surface area contributed by atoms with Crippen molar-refractivity contribution in [3.63, 3.8) is 0 Å². The Hall–Kier alpha value is -0.800. The summed E-state index contributed by atoms with van der Waals surface area (Å²) in [6.07, 6.45) is 0. The van der Waals surface area contributed by atoms with E-state index in [0.29, 0.717) is 0 Å². The molecule has 1 unspecified atom stereocenters. The first-order chi connectivity index (χ1) is 7.36. The fraction of sp³-hybridized carbons (Fsp3) is 0.333. The lowest BCUT2D eigenvalue weighted by molar-refractivity contribution is 0.700. The Kier molecular flexibility index (Phi) is 3.80. The summed E-state index contributed by atoms with van der Waals surface area (Å²) >= 11 is 1.81. The van der Waals surface area contributed by atoms with Gasteiger partial charge < -0.3 is 5.32 Å². The van der Waals surface area contributed by atoms with Gasteiger partial charge in [-0.15, -0.1) is 11.8 Å². The molecule has 2 rings (SSSR count). The Morgan fingerprint density at radius 3 is 2.87 bits per heavy atom. The smallest absolute Gasteiger partial charge is 0.0847 e. The van der Waals surface area contributed by atoms with Crippen molar-refractivity contribution < 1.29 is 0 Å². The molecule has 0 saturated carbocycles. The van der Waals surface area contributed by atoms with Gasteiger partial charge in [0.15, 0.2) is 0 Å². The summed E-state index contributed by atoms with van der Waals surface area (Å²) in [5.41, 5.74) is 1.29. The molecule has 3 heteroatoms. The molecular formula is C12H15N2S. The van der Waals surface area contributed by atoms with Gasteiger partial charge in [-0.25, -0.2) is 0 Å². The predicted octanol–water partition coefficient (Wildman–Crippen LogP) is 2.12. The number of hydrogen-bond donors (Lipinski definition) is 1. The van der Waals surface area contributed by atoms with Crippen LogP contribution in [0.25, 0.3) is 0 Å². The van der Waals surface area contributed by atoms with Crippen LogP contribution < -0.4 is 5.32 Å². The van der Waals surface area contributed by atoms with Crippen LogP contribution in [0.3, 0.4) is 0 Å². The van der Waals surface area contributed by atoms with Crippen molar-refractivity contribution in [3.8, 4) is 0 Å². The molecule has 79 valence electrons. The van der Waals surface area contributed by atoms with Crippen molar-refractivity contribution >= 4 is 16.8 Å². The SMILES string of the molecule is [CH2]C(NCc1ccccc1)C1=NCCS1. The van der Waals surface area contributed by atoms with Gasteiger partial charge in [0.2, 0.25) is 0 Å². The standard InChI is InChI=1S/C12H15N2S/c1-10(12-13-7-8-15-12)14-9-11-5-3-2-4-6-11/h2-6,10,14H,1,7-9H2. The minimum Gasteiger partial charge on any atom is -0.304 e. The van der Waals surface area contributed by atoms with Gasteiger partial charge in [-0.2, -0.15) is 0 Å². The second kappa shape index (κ2) is 5.33. The van der Waals surface area contributed by atoms with Gasteiger partial charge in [0.05, 0.1) is 11.1 Å². The highest BCUT2D eigenvalue weighted by Crippen LogP contribution is 2.14. The number of nitrogens with one attached hydrogen (secondary N) is 1. The van der Waals surface area contributed by atoms with E-state index >= 15 is 0 Å². The molecule has 0 aliphatic carbocycles. The van der Waals surface area contributed by atoms with E-state index in [1.807, 2.05) is 17.8 Å². The Morgan fingerprint density at radius 1 is 1.40 bits per heavy atom. The van der Waals surface area contributed by atoms with E-state index in [9.17, 15) is 0 Å². The van der Waals surface area contributed by atoms with Gasteiger partial charge in [0, 0.05) is 18.8 Å². The van der Waals surface area contributed by atoms with Gasteiger partial charge in [0.25, 0.3) is 0 Å². The van der Waals surface area contributed by atoms with Crippen molar-refractivity contribution in [1.29, 1.82) is 0 Å². The molecule has 1 aliphatic heterocycles. The van der Waals surface area contributed by atoms with Crippen LogP contribution in [0.5, 0.6) is 0 Å². The minimum atomic E-state index is 0.137. The third kappa shape index (κ3) is 3.08. The highest BCUT2D eigenvalue weighted by molar-refractivity contribution is 8.14. The summed E-state index contributed by atoms with van der Waals surface area (Å²) in [5, 5.41) is 4.52. The van der Waals surface area contributed by atoms with E-state index in [0.717, 1.165) is 23.9 Å². The van der Waals surface area contributed by atoms with Crippen molar-refractivity contribution in [2.75, 3.05) is 12.3 Å². The molecule has 1 aromatic carbocycles. The van der Waals surface area contributed by atoms with Crippen LogP contribution in [0.1, 0.15) is 5.56 Å². The second-order valence-electron chi connectivity index (χ2n) is 3.49. The van der Waals surface area contributed by atoms with Gasteiger partial charge >= 0.3 is 0 Å². The highest BCUT2D eigenvalue weighted by Gasteiger charge is 2.14. The second-order valence-corrected chi connectivity index (χ2v) is 4.60. The zero-order valence-corrected chi connectivity index (χ0v) is 9.46. The maximum atomic E-state index is 4.40. The monoisotopic (exact) mass is 219 g/mol. The van der Waals surface area contributed by atoms with Gasteiger partial charge in [-0.3, -0.25) is 4.99 Å². The summed E-state index contributed by atoms with van der Waals surface area (Å²) in [4.78, 5) is 4.40. The van der Waals surface area contributed by atoms with Gasteiger partial charge in [-0.05, 0) is 12.5 Å². The Bertz CT molecular complexity index is 335. The van der Waals surface area contributed by atoms with Crippen LogP contribution in [0.2, 0.25) is 0 Å². The lowest BCUT2D eigenvalue weighted by Crippen LogP contribution is -2.31. The largest absolute Gasteiger partial charge is 0.304 e. The Labute approximate surface area is 95.2 Å². The molecule has 1 aliphatic rings. The number of hydrogen-bond acceptors (Lipinski definition) is 3. The number of thioether (sulfide) groups is 1. The molecule has 1 aromatic rings. The maximum absolute atomic E-state index is 4.40. The Morgan fingerprint density at radius 2 is 2.20 bits per heavy atom. The van der Waals surface area contributed by atoms with Crippen LogP contribution in [0.4, 0.5) is 0 Å². The lowest BCUT2D eigenvalue weighted by atomic mass is 10.2. The van der Waals surface area contributed by atoms with Crippen molar-refractivity contribution in [2.45, 2.75) is 12.6 Å². The number of benzene rings is 1. The van der Waals surface area contributed by atoms with E-state index in [1.54, 1.807) is 0 Å². The topological polar surface area (TPSA) is 24.4 Å². The zero-order valence-electron chi connectivity index (χ0n) is 8.65. The first-order valence-corrected chi connectivity index (χ1v) is 6.12. The van der Waals surface area contributed by atoms with Crippen molar-refractivity contribution in [3.05, 3.63) is 42.8 Å². The van der Waals surface area contributed by atoms with E-state index < -0.39 is 0 Å². The maximum Gasteiger partial charge on any atom is 0.0847 e. The summed E-state index contributed by atoms with van der Waals surface area (Å²) in [6, 6.07) is 10.5. The Balaban J connectivity index is 1.83. The van der Waals surface area contributed by atoms with Crippen LogP contribution in [0, 0.1) is 6.92 Å². The third-order valence-corrected chi connectivity index (χ3v) is 3.40. The summed E-state index contributed by atoms with van der Waals surface area (Å²) in [5.74, 6) is 1.11. The normalized spacial score (nSPS) is 17.5. The zero-order chi connectivity index (χ0) is 10.5. The first kappa shape index (κ1) is 10.7. The molecular weight excluding hydrogens is 204 g/mol.